The van der Waals surface area contributed by atoms with E-state index < -0.39 is 0 Å². The van der Waals surface area contributed by atoms with Gasteiger partial charge in [0.25, 0.3) is 0 Å². The Kier molecular flexibility index (Phi) is 4.32. The van der Waals surface area contributed by atoms with Gasteiger partial charge in [-0.2, -0.15) is 0 Å². The van der Waals surface area contributed by atoms with Crippen LogP contribution in [0, 0.1) is 20.8 Å². The molecule has 1 atom stereocenters. The first-order chi connectivity index (χ1) is 8.58. The molecule has 1 aliphatic heterocycles. The highest BCUT2D eigenvalue weighted by Crippen LogP contribution is 2.21. The topological polar surface area (TPSA) is 37.4 Å². The molecular weight excluding hydrogens is 226 g/mol. The number of pyridine rings is 1. The standard InChI is InChI=1S/C14H23N3O/c1-10-9-11(2)15-12(3)14(10)13(4)16-17-5-7-18-8-6-17/h9,13,16H,5-8H2,1-4H3. The van der Waals surface area contributed by atoms with E-state index in [0.29, 0.717) is 0 Å². The first kappa shape index (κ1) is 13.5. The van der Waals surface area contributed by atoms with Gasteiger partial charge in [0.05, 0.1) is 13.2 Å². The maximum Gasteiger partial charge on any atom is 0.0608 e. The minimum Gasteiger partial charge on any atom is -0.379 e. The Morgan fingerprint density at radius 1 is 1.28 bits per heavy atom. The summed E-state index contributed by atoms with van der Waals surface area (Å²) < 4.78 is 5.36. The third-order valence-electron chi connectivity index (χ3n) is 3.40. The van der Waals surface area contributed by atoms with Crippen LogP contribution in [0.25, 0.3) is 0 Å². The molecule has 1 unspecified atom stereocenters. The van der Waals surface area contributed by atoms with Crippen LogP contribution in [-0.2, 0) is 4.74 Å². The fourth-order valence-electron chi connectivity index (χ4n) is 2.72. The fraction of sp³-hybridized carbons (Fsp3) is 0.643. The van der Waals surface area contributed by atoms with E-state index in [1.807, 2.05) is 6.92 Å². The molecule has 0 aliphatic carbocycles. The van der Waals surface area contributed by atoms with Gasteiger partial charge in [0.15, 0.2) is 0 Å². The molecule has 0 bridgehead atoms. The average molecular weight is 249 g/mol. The molecule has 4 heteroatoms. The molecular formula is C14H23N3O. The minimum atomic E-state index is 0.288. The van der Waals surface area contributed by atoms with E-state index in [9.17, 15) is 0 Å². The number of nitrogens with one attached hydrogen (secondary N) is 1. The lowest BCUT2D eigenvalue weighted by atomic mass is 10.0. The third kappa shape index (κ3) is 3.07. The lowest BCUT2D eigenvalue weighted by molar-refractivity contribution is 0.00473. The van der Waals surface area contributed by atoms with Crippen molar-refractivity contribution >= 4 is 0 Å². The summed E-state index contributed by atoms with van der Waals surface area (Å²) in [6, 6.07) is 2.44. The van der Waals surface area contributed by atoms with Gasteiger partial charge in [-0.3, -0.25) is 4.98 Å². The lowest BCUT2D eigenvalue weighted by Gasteiger charge is -2.31. The molecule has 1 fully saturated rings. The minimum absolute atomic E-state index is 0.288. The molecule has 1 saturated heterocycles. The van der Waals surface area contributed by atoms with Crippen LogP contribution < -0.4 is 5.43 Å². The van der Waals surface area contributed by atoms with Crippen LogP contribution in [0.4, 0.5) is 0 Å². The summed E-state index contributed by atoms with van der Waals surface area (Å²) in [7, 11) is 0. The van der Waals surface area contributed by atoms with Crippen LogP contribution in [-0.4, -0.2) is 36.3 Å². The molecule has 1 aliphatic rings. The summed E-state index contributed by atoms with van der Waals surface area (Å²) in [5, 5.41) is 2.24. The third-order valence-corrected chi connectivity index (χ3v) is 3.40. The van der Waals surface area contributed by atoms with Crippen molar-refractivity contribution in [3.05, 3.63) is 28.6 Å². The summed E-state index contributed by atoms with van der Waals surface area (Å²) in [5.41, 5.74) is 8.39. The monoisotopic (exact) mass is 249 g/mol. The molecule has 18 heavy (non-hydrogen) atoms. The highest BCUT2D eigenvalue weighted by Gasteiger charge is 2.17. The number of ether oxygens (including phenoxy) is 1. The van der Waals surface area contributed by atoms with Crippen molar-refractivity contribution in [2.24, 2.45) is 0 Å². The number of aromatic nitrogens is 1. The SMILES string of the molecule is Cc1cc(C)c(C(C)NN2CCOCC2)c(C)n1. The van der Waals surface area contributed by atoms with Crippen molar-refractivity contribution in [1.29, 1.82) is 0 Å². The molecule has 100 valence electrons. The molecule has 2 heterocycles. The zero-order valence-electron chi connectivity index (χ0n) is 11.8. The normalized spacial score (nSPS) is 18.9. The number of morpholine rings is 1. The highest BCUT2D eigenvalue weighted by atomic mass is 16.5. The van der Waals surface area contributed by atoms with Crippen molar-refractivity contribution in [3.63, 3.8) is 0 Å². The number of nitrogens with zero attached hydrogens (tertiary/aromatic N) is 2. The smallest absolute Gasteiger partial charge is 0.0608 e. The van der Waals surface area contributed by atoms with Crippen LogP contribution in [0.3, 0.4) is 0 Å². The fourth-order valence-corrected chi connectivity index (χ4v) is 2.72. The zero-order chi connectivity index (χ0) is 13.1. The molecule has 0 spiro atoms. The van der Waals surface area contributed by atoms with Crippen molar-refractivity contribution in [2.45, 2.75) is 33.7 Å². The zero-order valence-corrected chi connectivity index (χ0v) is 11.8. The second-order valence-electron chi connectivity index (χ2n) is 5.03. The van der Waals surface area contributed by atoms with Crippen molar-refractivity contribution < 1.29 is 4.74 Å². The van der Waals surface area contributed by atoms with Crippen LogP contribution in [0.2, 0.25) is 0 Å². The highest BCUT2D eigenvalue weighted by molar-refractivity contribution is 5.33. The summed E-state index contributed by atoms with van der Waals surface area (Å²) in [6.45, 7) is 12.0. The molecule has 2 rings (SSSR count). The number of hydrazine groups is 1. The van der Waals surface area contributed by atoms with Gasteiger partial charge in [0, 0.05) is 30.5 Å². The van der Waals surface area contributed by atoms with Gasteiger partial charge < -0.3 is 4.74 Å². The number of aryl methyl sites for hydroxylation is 3. The summed E-state index contributed by atoms with van der Waals surface area (Å²) in [4.78, 5) is 4.57. The van der Waals surface area contributed by atoms with Crippen LogP contribution in [0.15, 0.2) is 6.07 Å². The van der Waals surface area contributed by atoms with Gasteiger partial charge in [-0.25, -0.2) is 10.4 Å². The molecule has 0 aromatic carbocycles. The molecule has 0 saturated carbocycles. The summed E-state index contributed by atoms with van der Waals surface area (Å²) >= 11 is 0. The van der Waals surface area contributed by atoms with Gasteiger partial charge in [0.2, 0.25) is 0 Å². The quantitative estimate of drug-likeness (QED) is 0.888. The van der Waals surface area contributed by atoms with Crippen molar-refractivity contribution in [3.8, 4) is 0 Å². The van der Waals surface area contributed by atoms with Crippen LogP contribution in [0.5, 0.6) is 0 Å². The van der Waals surface area contributed by atoms with E-state index in [1.165, 1.54) is 11.1 Å². The number of hydrogen-bond acceptors (Lipinski definition) is 4. The Balaban J connectivity index is 2.10. The number of rotatable bonds is 3. The van der Waals surface area contributed by atoms with Crippen molar-refractivity contribution in [2.75, 3.05) is 26.3 Å². The van der Waals surface area contributed by atoms with E-state index in [-0.39, 0.29) is 6.04 Å². The van der Waals surface area contributed by atoms with Crippen LogP contribution in [0.1, 0.15) is 35.5 Å². The summed E-state index contributed by atoms with van der Waals surface area (Å²) in [6.07, 6.45) is 0. The first-order valence-electron chi connectivity index (χ1n) is 6.61. The maximum atomic E-state index is 5.36. The Bertz CT molecular complexity index is 390. The second kappa shape index (κ2) is 5.78. The van der Waals surface area contributed by atoms with E-state index in [2.05, 4.69) is 42.3 Å². The van der Waals surface area contributed by atoms with E-state index in [1.54, 1.807) is 0 Å². The van der Waals surface area contributed by atoms with E-state index in [4.69, 9.17) is 4.74 Å². The van der Waals surface area contributed by atoms with Gasteiger partial charge >= 0.3 is 0 Å². The molecule has 0 radical (unpaired) electrons. The Labute approximate surface area is 109 Å². The molecule has 1 aromatic heterocycles. The molecule has 1 aromatic rings. The van der Waals surface area contributed by atoms with E-state index >= 15 is 0 Å². The van der Waals surface area contributed by atoms with Gasteiger partial charge in [-0.05, 0) is 44.9 Å². The Morgan fingerprint density at radius 3 is 2.56 bits per heavy atom. The second-order valence-corrected chi connectivity index (χ2v) is 5.03. The molecule has 1 N–H and O–H groups in total. The predicted molar refractivity (Wildman–Crippen MR) is 72.4 cm³/mol. The molecule has 0 amide bonds. The average Bonchev–Trinajstić information content (AvgIpc) is 2.28. The first-order valence-corrected chi connectivity index (χ1v) is 6.61. The Hall–Kier alpha value is -0.970. The Morgan fingerprint density at radius 2 is 1.94 bits per heavy atom. The number of hydrogen-bond donors (Lipinski definition) is 1. The summed E-state index contributed by atoms with van der Waals surface area (Å²) in [5.74, 6) is 0. The van der Waals surface area contributed by atoms with Gasteiger partial charge in [-0.15, -0.1) is 0 Å². The van der Waals surface area contributed by atoms with Crippen LogP contribution >= 0.6 is 0 Å². The predicted octanol–water partition coefficient (Wildman–Crippen LogP) is 1.90. The largest absolute Gasteiger partial charge is 0.379 e. The van der Waals surface area contributed by atoms with E-state index in [0.717, 1.165) is 37.7 Å². The maximum absolute atomic E-state index is 5.36. The molecule has 4 nitrogen and oxygen atoms in total. The lowest BCUT2D eigenvalue weighted by Crippen LogP contribution is -2.46. The van der Waals surface area contributed by atoms with Crippen molar-refractivity contribution in [1.82, 2.24) is 15.4 Å². The van der Waals surface area contributed by atoms with Gasteiger partial charge in [-0.1, -0.05) is 0 Å². The van der Waals surface area contributed by atoms with Gasteiger partial charge in [0.1, 0.15) is 0 Å².